The van der Waals surface area contributed by atoms with Crippen LogP contribution in [0.1, 0.15) is 53.9 Å². The molecule has 5 heteroatoms. The topological polar surface area (TPSA) is 76.4 Å². The van der Waals surface area contributed by atoms with Crippen LogP contribution in [0.3, 0.4) is 0 Å². The molecule has 3 atom stereocenters. The highest BCUT2D eigenvalue weighted by atomic mass is 16.6. The van der Waals surface area contributed by atoms with Crippen molar-refractivity contribution in [1.29, 1.82) is 0 Å². The van der Waals surface area contributed by atoms with Gasteiger partial charge >= 0.3 is 6.09 Å². The fourth-order valence-corrected chi connectivity index (χ4v) is 2.41. The molecule has 1 rings (SSSR count). The van der Waals surface area contributed by atoms with Gasteiger partial charge in [-0.1, -0.05) is 13.8 Å². The van der Waals surface area contributed by atoms with Gasteiger partial charge in [0, 0.05) is 24.7 Å². The molecule has 4 N–H and O–H groups in total. The van der Waals surface area contributed by atoms with Crippen LogP contribution >= 0.6 is 0 Å². The second kappa shape index (κ2) is 7.27. The van der Waals surface area contributed by atoms with Gasteiger partial charge in [-0.25, -0.2) is 4.79 Å². The van der Waals surface area contributed by atoms with E-state index in [1.807, 2.05) is 20.8 Å². The molecule has 118 valence electrons. The lowest BCUT2D eigenvalue weighted by atomic mass is 10.0. The van der Waals surface area contributed by atoms with Crippen LogP contribution in [0.2, 0.25) is 0 Å². The van der Waals surface area contributed by atoms with Crippen molar-refractivity contribution in [2.45, 2.75) is 77.6 Å². The minimum absolute atomic E-state index is 0.0710. The number of amides is 1. The first-order valence-corrected chi connectivity index (χ1v) is 7.66. The molecule has 0 aliphatic heterocycles. The lowest BCUT2D eigenvalue weighted by Gasteiger charge is -2.27. The van der Waals surface area contributed by atoms with Gasteiger partial charge in [0.15, 0.2) is 0 Å². The summed E-state index contributed by atoms with van der Waals surface area (Å²) in [6.07, 6.45) is 2.89. The molecule has 0 aromatic heterocycles. The van der Waals surface area contributed by atoms with Crippen LogP contribution < -0.4 is 16.4 Å². The zero-order valence-corrected chi connectivity index (χ0v) is 13.5. The molecular weight excluding hydrogens is 254 g/mol. The van der Waals surface area contributed by atoms with E-state index in [0.717, 1.165) is 25.8 Å². The Hall–Kier alpha value is -0.810. The van der Waals surface area contributed by atoms with E-state index >= 15 is 0 Å². The Morgan fingerprint density at radius 1 is 1.35 bits per heavy atom. The number of carbonyl (C=O) groups is 1. The highest BCUT2D eigenvalue weighted by Crippen LogP contribution is 2.17. The zero-order valence-electron chi connectivity index (χ0n) is 13.5. The van der Waals surface area contributed by atoms with E-state index in [4.69, 9.17) is 10.5 Å². The van der Waals surface area contributed by atoms with Gasteiger partial charge < -0.3 is 21.1 Å². The molecule has 0 saturated heterocycles. The molecule has 0 radical (unpaired) electrons. The lowest BCUT2D eigenvalue weighted by molar-refractivity contribution is 0.0489. The second-order valence-electron chi connectivity index (χ2n) is 7.18. The van der Waals surface area contributed by atoms with Crippen LogP contribution in [-0.2, 0) is 4.74 Å². The zero-order chi connectivity index (χ0) is 15.3. The molecule has 20 heavy (non-hydrogen) atoms. The van der Waals surface area contributed by atoms with Crippen molar-refractivity contribution in [3.63, 3.8) is 0 Å². The van der Waals surface area contributed by atoms with Crippen molar-refractivity contribution in [3.05, 3.63) is 0 Å². The van der Waals surface area contributed by atoms with E-state index < -0.39 is 5.60 Å². The summed E-state index contributed by atoms with van der Waals surface area (Å²) in [5, 5.41) is 6.46. The molecule has 1 aliphatic carbocycles. The van der Waals surface area contributed by atoms with Crippen molar-refractivity contribution >= 4 is 6.09 Å². The summed E-state index contributed by atoms with van der Waals surface area (Å²) in [6.45, 7) is 10.6. The quantitative estimate of drug-likeness (QED) is 0.722. The Kier molecular flexibility index (Phi) is 6.27. The Morgan fingerprint density at radius 2 is 2.00 bits per heavy atom. The number of nitrogens with one attached hydrogen (secondary N) is 2. The number of hydrogen-bond acceptors (Lipinski definition) is 4. The van der Waals surface area contributed by atoms with Crippen LogP contribution in [0.4, 0.5) is 4.79 Å². The van der Waals surface area contributed by atoms with Gasteiger partial charge in [0.25, 0.3) is 0 Å². The normalized spacial score (nSPS) is 24.8. The van der Waals surface area contributed by atoms with E-state index in [1.54, 1.807) is 0 Å². The maximum Gasteiger partial charge on any atom is 0.407 e. The van der Waals surface area contributed by atoms with Crippen LogP contribution in [-0.4, -0.2) is 36.4 Å². The van der Waals surface area contributed by atoms with Crippen molar-refractivity contribution < 1.29 is 9.53 Å². The lowest BCUT2D eigenvalue weighted by Crippen LogP contribution is -2.48. The van der Waals surface area contributed by atoms with Crippen LogP contribution in [0.15, 0.2) is 0 Å². The first-order valence-electron chi connectivity index (χ1n) is 7.66. The molecule has 0 bridgehead atoms. The summed E-state index contributed by atoms with van der Waals surface area (Å²) in [5.74, 6) is 0.352. The first kappa shape index (κ1) is 17.2. The van der Waals surface area contributed by atoms with Gasteiger partial charge in [-0.15, -0.1) is 0 Å². The highest BCUT2D eigenvalue weighted by molar-refractivity contribution is 5.68. The van der Waals surface area contributed by atoms with Crippen LogP contribution in [0.5, 0.6) is 0 Å². The monoisotopic (exact) mass is 285 g/mol. The second-order valence-corrected chi connectivity index (χ2v) is 7.18. The number of nitrogens with two attached hydrogens (primary N) is 1. The minimum atomic E-state index is -0.461. The average molecular weight is 285 g/mol. The number of hydrogen-bond donors (Lipinski definition) is 3. The Balaban J connectivity index is 2.38. The third kappa shape index (κ3) is 6.57. The molecule has 1 fully saturated rings. The molecule has 0 heterocycles. The number of carbonyl (C=O) groups excluding carboxylic acids is 1. The molecule has 5 nitrogen and oxygen atoms in total. The minimum Gasteiger partial charge on any atom is -0.444 e. The van der Waals surface area contributed by atoms with Gasteiger partial charge in [0.2, 0.25) is 0 Å². The Labute approximate surface area is 123 Å². The van der Waals surface area contributed by atoms with E-state index in [0.29, 0.717) is 18.0 Å². The standard InChI is InChI=1S/C15H31N3O2/c1-10(2)13(18-14(19)20-15(3,4)5)9-17-12-7-6-11(16)8-12/h10-13,17H,6-9,16H2,1-5H3,(H,18,19). The highest BCUT2D eigenvalue weighted by Gasteiger charge is 2.25. The van der Waals surface area contributed by atoms with Gasteiger partial charge in [0.05, 0.1) is 0 Å². The van der Waals surface area contributed by atoms with Gasteiger partial charge in [-0.05, 0) is 46.0 Å². The summed E-state index contributed by atoms with van der Waals surface area (Å²) in [6, 6.07) is 0.872. The predicted molar refractivity (Wildman–Crippen MR) is 81.6 cm³/mol. The number of alkyl carbamates (subject to hydrolysis) is 1. The van der Waals surface area contributed by atoms with Crippen LogP contribution in [0, 0.1) is 5.92 Å². The number of ether oxygens (including phenoxy) is 1. The fraction of sp³-hybridized carbons (Fsp3) is 0.933. The molecule has 1 amide bonds. The third-order valence-corrected chi connectivity index (χ3v) is 3.61. The maximum atomic E-state index is 11.8. The van der Waals surface area contributed by atoms with Gasteiger partial charge in [0.1, 0.15) is 5.60 Å². The largest absolute Gasteiger partial charge is 0.444 e. The Morgan fingerprint density at radius 3 is 2.45 bits per heavy atom. The first-order chi connectivity index (χ1) is 9.17. The fourth-order valence-electron chi connectivity index (χ4n) is 2.41. The molecule has 3 unspecified atom stereocenters. The molecule has 0 aromatic carbocycles. The molecule has 1 aliphatic rings. The predicted octanol–water partition coefficient (Wildman–Crippen LogP) is 2.01. The Bertz CT molecular complexity index is 313. The summed E-state index contributed by atoms with van der Waals surface area (Å²) in [4.78, 5) is 11.8. The van der Waals surface area contributed by atoms with E-state index in [9.17, 15) is 4.79 Å². The third-order valence-electron chi connectivity index (χ3n) is 3.61. The molecule has 0 aromatic rings. The van der Waals surface area contributed by atoms with Crippen molar-refractivity contribution in [2.24, 2.45) is 11.7 Å². The number of rotatable bonds is 5. The SMILES string of the molecule is CC(C)C(CNC1CCC(N)C1)NC(=O)OC(C)(C)C. The van der Waals surface area contributed by atoms with Crippen LogP contribution in [0.25, 0.3) is 0 Å². The van der Waals surface area contributed by atoms with Crippen molar-refractivity contribution in [3.8, 4) is 0 Å². The summed E-state index contributed by atoms with van der Waals surface area (Å²) < 4.78 is 5.31. The van der Waals surface area contributed by atoms with Gasteiger partial charge in [-0.3, -0.25) is 0 Å². The van der Waals surface area contributed by atoms with Crippen molar-refractivity contribution in [2.75, 3.05) is 6.54 Å². The van der Waals surface area contributed by atoms with Gasteiger partial charge in [-0.2, -0.15) is 0 Å². The van der Waals surface area contributed by atoms with E-state index in [-0.39, 0.29) is 12.1 Å². The smallest absolute Gasteiger partial charge is 0.407 e. The maximum absolute atomic E-state index is 11.8. The summed E-state index contributed by atoms with van der Waals surface area (Å²) in [5.41, 5.74) is 5.45. The van der Waals surface area contributed by atoms with E-state index in [2.05, 4.69) is 24.5 Å². The average Bonchev–Trinajstić information content (AvgIpc) is 2.67. The molecular formula is C15H31N3O2. The molecule has 0 spiro atoms. The summed E-state index contributed by atoms with van der Waals surface area (Å²) >= 11 is 0. The summed E-state index contributed by atoms with van der Waals surface area (Å²) in [7, 11) is 0. The van der Waals surface area contributed by atoms with Crippen molar-refractivity contribution in [1.82, 2.24) is 10.6 Å². The van der Waals surface area contributed by atoms with E-state index in [1.165, 1.54) is 0 Å². The molecule has 1 saturated carbocycles.